The number of nitrogens with two attached hydrogens (primary N) is 1. The van der Waals surface area contributed by atoms with Gasteiger partial charge in [-0.05, 0) is 54.7 Å². The lowest BCUT2D eigenvalue weighted by atomic mass is 9.96. The van der Waals surface area contributed by atoms with Gasteiger partial charge in [0.15, 0.2) is 0 Å². The summed E-state index contributed by atoms with van der Waals surface area (Å²) in [6, 6.07) is 12.4. The molecule has 178 valence electrons. The van der Waals surface area contributed by atoms with Crippen LogP contribution in [0.5, 0.6) is 11.5 Å². The van der Waals surface area contributed by atoms with E-state index in [2.05, 4.69) is 0 Å². The molecule has 0 bridgehead atoms. The van der Waals surface area contributed by atoms with Crippen molar-refractivity contribution in [3.63, 3.8) is 0 Å². The summed E-state index contributed by atoms with van der Waals surface area (Å²) in [6.45, 7) is 0.521. The van der Waals surface area contributed by atoms with E-state index < -0.39 is 17.7 Å². The highest BCUT2D eigenvalue weighted by atomic mass is 19.1. The van der Waals surface area contributed by atoms with Gasteiger partial charge in [0.1, 0.15) is 41.3 Å². The fourth-order valence-electron chi connectivity index (χ4n) is 4.99. The summed E-state index contributed by atoms with van der Waals surface area (Å²) in [5, 5.41) is 0. The van der Waals surface area contributed by atoms with E-state index >= 15 is 0 Å². The van der Waals surface area contributed by atoms with Crippen molar-refractivity contribution in [2.24, 2.45) is 5.73 Å². The Morgan fingerprint density at radius 2 is 1.85 bits per heavy atom. The van der Waals surface area contributed by atoms with Gasteiger partial charge in [-0.1, -0.05) is 18.2 Å². The normalized spacial score (nSPS) is 19.4. The van der Waals surface area contributed by atoms with Gasteiger partial charge in [0.05, 0.1) is 6.61 Å². The second-order valence-corrected chi connectivity index (χ2v) is 8.84. The molecule has 0 aromatic heterocycles. The van der Waals surface area contributed by atoms with Gasteiger partial charge in [0, 0.05) is 42.2 Å². The van der Waals surface area contributed by atoms with Crippen molar-refractivity contribution in [1.29, 1.82) is 0 Å². The topological polar surface area (TPSA) is 53.7 Å². The smallest absolute Gasteiger partial charge is 0.130 e. The van der Waals surface area contributed by atoms with E-state index in [1.54, 1.807) is 13.2 Å². The summed E-state index contributed by atoms with van der Waals surface area (Å²) in [7, 11) is 1.58. The first-order chi connectivity index (χ1) is 16.4. The molecule has 5 rings (SSSR count). The van der Waals surface area contributed by atoms with Crippen LogP contribution < -0.4 is 15.2 Å². The van der Waals surface area contributed by atoms with Crippen LogP contribution in [0, 0.1) is 17.5 Å². The predicted molar refractivity (Wildman–Crippen MR) is 122 cm³/mol. The molecule has 1 aliphatic carbocycles. The Morgan fingerprint density at radius 3 is 2.62 bits per heavy atom. The Kier molecular flexibility index (Phi) is 6.23. The lowest BCUT2D eigenvalue weighted by molar-refractivity contribution is 0.0915. The van der Waals surface area contributed by atoms with Gasteiger partial charge in [-0.15, -0.1) is 0 Å². The van der Waals surface area contributed by atoms with E-state index in [0.717, 1.165) is 16.9 Å². The average Bonchev–Trinajstić information content (AvgIpc) is 3.42. The molecule has 1 heterocycles. The van der Waals surface area contributed by atoms with E-state index in [-0.39, 0.29) is 29.9 Å². The quantitative estimate of drug-likeness (QED) is 0.461. The monoisotopic (exact) mass is 469 g/mol. The van der Waals surface area contributed by atoms with Gasteiger partial charge >= 0.3 is 0 Å². The Hall–Kier alpha value is -3.03. The molecular formula is C27H26F3NO3. The van der Waals surface area contributed by atoms with Crippen LogP contribution in [0.3, 0.4) is 0 Å². The van der Waals surface area contributed by atoms with E-state index in [9.17, 15) is 13.2 Å². The van der Waals surface area contributed by atoms with Crippen LogP contribution in [0.15, 0.2) is 48.5 Å². The molecule has 0 amide bonds. The summed E-state index contributed by atoms with van der Waals surface area (Å²) in [6.07, 6.45) is 1.01. The molecule has 34 heavy (non-hydrogen) atoms. The number of hydrogen-bond donors (Lipinski definition) is 1. The number of hydrogen-bond acceptors (Lipinski definition) is 4. The third-order valence-corrected chi connectivity index (χ3v) is 6.77. The van der Waals surface area contributed by atoms with Crippen molar-refractivity contribution in [3.8, 4) is 11.5 Å². The van der Waals surface area contributed by atoms with Crippen LogP contribution in [-0.2, 0) is 17.6 Å². The van der Waals surface area contributed by atoms with E-state index in [1.807, 2.05) is 18.2 Å². The van der Waals surface area contributed by atoms with Gasteiger partial charge in [0.25, 0.3) is 0 Å². The fourth-order valence-corrected chi connectivity index (χ4v) is 4.99. The molecule has 2 aliphatic rings. The molecule has 7 heteroatoms. The lowest BCUT2D eigenvalue weighted by Gasteiger charge is -2.18. The first-order valence-corrected chi connectivity index (χ1v) is 11.4. The molecule has 3 unspecified atom stereocenters. The Bertz CT molecular complexity index is 1200. The van der Waals surface area contributed by atoms with E-state index in [4.69, 9.17) is 19.9 Å². The van der Waals surface area contributed by atoms with Gasteiger partial charge in [0.2, 0.25) is 0 Å². The summed E-state index contributed by atoms with van der Waals surface area (Å²) >= 11 is 0. The number of ether oxygens (including phenoxy) is 3. The second kappa shape index (κ2) is 9.31. The van der Waals surface area contributed by atoms with Crippen molar-refractivity contribution in [2.75, 3.05) is 13.7 Å². The molecule has 0 saturated carbocycles. The molecule has 3 atom stereocenters. The lowest BCUT2D eigenvalue weighted by Crippen LogP contribution is -2.25. The molecule has 1 aliphatic heterocycles. The highest BCUT2D eigenvalue weighted by Gasteiger charge is 2.31. The second-order valence-electron chi connectivity index (χ2n) is 8.84. The van der Waals surface area contributed by atoms with Crippen LogP contribution in [0.2, 0.25) is 0 Å². The third kappa shape index (κ3) is 4.26. The Balaban J connectivity index is 1.37. The van der Waals surface area contributed by atoms with Crippen LogP contribution >= 0.6 is 0 Å². The number of rotatable bonds is 7. The van der Waals surface area contributed by atoms with Gasteiger partial charge < -0.3 is 19.9 Å². The van der Waals surface area contributed by atoms with E-state index in [1.165, 1.54) is 24.3 Å². The Morgan fingerprint density at radius 1 is 1.06 bits per heavy atom. The molecule has 0 radical (unpaired) electrons. The average molecular weight is 470 g/mol. The van der Waals surface area contributed by atoms with Crippen molar-refractivity contribution < 1.29 is 27.4 Å². The maximum Gasteiger partial charge on any atom is 0.130 e. The maximum atomic E-state index is 14.9. The highest BCUT2D eigenvalue weighted by Crippen LogP contribution is 2.42. The summed E-state index contributed by atoms with van der Waals surface area (Å²) in [5.41, 5.74) is 8.87. The standard InChI is InChI=1S/C27H26F3NO3/c1-32-26(31)12-16-14-33-25-13-17(6-7-18(16)25)34-24-10-8-19-15(5-9-23(30)27(19)24)11-20-21(28)3-2-4-22(20)29/h2-7,9,13,16,24,26H,8,10-12,14,31H2,1H3. The zero-order chi connectivity index (χ0) is 23.8. The number of fused-ring (bicyclic) bond motifs is 2. The van der Waals surface area contributed by atoms with Crippen LogP contribution in [-0.4, -0.2) is 19.9 Å². The maximum absolute atomic E-state index is 14.9. The minimum absolute atomic E-state index is 0.0146. The van der Waals surface area contributed by atoms with Crippen LogP contribution in [0.1, 0.15) is 52.7 Å². The zero-order valence-corrected chi connectivity index (χ0v) is 18.8. The number of benzene rings is 3. The number of methoxy groups -OCH3 is 1. The van der Waals surface area contributed by atoms with Crippen molar-refractivity contribution >= 4 is 0 Å². The molecular weight excluding hydrogens is 443 g/mol. The highest BCUT2D eigenvalue weighted by molar-refractivity contribution is 5.47. The predicted octanol–water partition coefficient (Wildman–Crippen LogP) is 5.56. The van der Waals surface area contributed by atoms with Crippen LogP contribution in [0.25, 0.3) is 0 Å². The van der Waals surface area contributed by atoms with Gasteiger partial charge in [-0.2, -0.15) is 0 Å². The minimum atomic E-state index is -0.605. The first-order valence-electron chi connectivity index (χ1n) is 11.4. The SMILES string of the molecule is COC(N)CC1COc2cc(OC3CCc4c(Cc5c(F)cccc5F)ccc(F)c43)ccc21. The molecule has 3 aromatic rings. The Labute approximate surface area is 196 Å². The van der Waals surface area contributed by atoms with Crippen LogP contribution in [0.4, 0.5) is 13.2 Å². The summed E-state index contributed by atoms with van der Waals surface area (Å²) < 4.78 is 60.4. The summed E-state index contributed by atoms with van der Waals surface area (Å²) in [5.74, 6) is -0.128. The summed E-state index contributed by atoms with van der Waals surface area (Å²) in [4.78, 5) is 0. The zero-order valence-electron chi connectivity index (χ0n) is 18.8. The molecule has 0 fully saturated rings. The van der Waals surface area contributed by atoms with Crippen molar-refractivity contribution in [1.82, 2.24) is 0 Å². The van der Waals surface area contributed by atoms with Crippen molar-refractivity contribution in [3.05, 3.63) is 93.8 Å². The number of halogens is 3. The van der Waals surface area contributed by atoms with Gasteiger partial charge in [-0.25, -0.2) is 13.2 Å². The van der Waals surface area contributed by atoms with Gasteiger partial charge in [-0.3, -0.25) is 0 Å². The molecule has 0 saturated heterocycles. The largest absolute Gasteiger partial charge is 0.493 e. The molecule has 3 aromatic carbocycles. The molecule has 4 nitrogen and oxygen atoms in total. The third-order valence-electron chi connectivity index (χ3n) is 6.77. The molecule has 2 N–H and O–H groups in total. The fraction of sp³-hybridized carbons (Fsp3) is 0.333. The van der Waals surface area contributed by atoms with Crippen molar-refractivity contribution in [2.45, 2.75) is 43.9 Å². The first kappa shape index (κ1) is 22.7. The molecule has 0 spiro atoms. The minimum Gasteiger partial charge on any atom is -0.493 e. The van der Waals surface area contributed by atoms with E-state index in [0.29, 0.717) is 42.7 Å².